The van der Waals surface area contributed by atoms with Gasteiger partial charge in [0.05, 0.1) is 6.10 Å². The van der Waals surface area contributed by atoms with Crippen LogP contribution in [-0.2, 0) is 18.3 Å². The van der Waals surface area contributed by atoms with Gasteiger partial charge in [0, 0.05) is 14.2 Å². The van der Waals surface area contributed by atoms with Gasteiger partial charge in [0.25, 0.3) is 6.48 Å². The van der Waals surface area contributed by atoms with Gasteiger partial charge < -0.3 is 18.3 Å². The molecule has 0 aromatic heterocycles. The molecule has 0 unspecified atom stereocenters. The van der Waals surface area contributed by atoms with E-state index in [4.69, 9.17) is 18.3 Å². The first-order valence-corrected chi connectivity index (χ1v) is 10.0. The van der Waals surface area contributed by atoms with Gasteiger partial charge in [0.2, 0.25) is 0 Å². The summed E-state index contributed by atoms with van der Waals surface area (Å²) in [4.78, 5) is 0. The van der Waals surface area contributed by atoms with Crippen molar-refractivity contribution in [3.8, 4) is 0 Å². The molecular weight excluding hydrogens is 284 g/mol. The van der Waals surface area contributed by atoms with Gasteiger partial charge in [-0.15, -0.1) is 0 Å². The molecule has 0 heterocycles. The largest absolute Gasteiger partial charge is 0.390 e. The summed E-state index contributed by atoms with van der Waals surface area (Å²) in [6.07, 6.45) is 0.177. The molecule has 5 heteroatoms. The van der Waals surface area contributed by atoms with Crippen molar-refractivity contribution in [3.63, 3.8) is 0 Å². The summed E-state index contributed by atoms with van der Waals surface area (Å²) < 4.78 is 23.5. The van der Waals surface area contributed by atoms with Crippen molar-refractivity contribution in [1.29, 1.82) is 0 Å². The predicted molar refractivity (Wildman–Crippen MR) is 89.4 cm³/mol. The van der Waals surface area contributed by atoms with Crippen molar-refractivity contribution in [2.45, 2.75) is 79.1 Å². The Bertz CT molecular complexity index is 259. The minimum absolute atomic E-state index is 0.177. The fourth-order valence-electron chi connectivity index (χ4n) is 2.84. The van der Waals surface area contributed by atoms with Crippen LogP contribution in [0, 0.1) is 11.8 Å². The van der Waals surface area contributed by atoms with Crippen LogP contribution in [0.3, 0.4) is 0 Å². The fourth-order valence-corrected chi connectivity index (χ4v) is 6.78. The van der Waals surface area contributed by atoms with Crippen molar-refractivity contribution >= 4 is 8.56 Å². The van der Waals surface area contributed by atoms with Crippen LogP contribution >= 0.6 is 0 Å². The maximum absolute atomic E-state index is 6.67. The second-order valence-electron chi connectivity index (χ2n) is 6.98. The van der Waals surface area contributed by atoms with Crippen molar-refractivity contribution in [2.75, 3.05) is 14.2 Å². The predicted octanol–water partition coefficient (Wildman–Crippen LogP) is 4.54. The topological polar surface area (TPSA) is 36.9 Å². The summed E-state index contributed by atoms with van der Waals surface area (Å²) in [5.74, 6) is 0.892. The molecule has 0 N–H and O–H groups in total. The highest BCUT2D eigenvalue weighted by molar-refractivity contribution is 6.70. The van der Waals surface area contributed by atoms with E-state index in [1.165, 1.54) is 0 Å². The van der Waals surface area contributed by atoms with Gasteiger partial charge in [-0.2, -0.15) is 0 Å². The molecule has 0 saturated carbocycles. The molecule has 21 heavy (non-hydrogen) atoms. The van der Waals surface area contributed by atoms with Gasteiger partial charge in [-0.1, -0.05) is 55.4 Å². The average Bonchev–Trinajstić information content (AvgIpc) is 2.37. The van der Waals surface area contributed by atoms with E-state index in [9.17, 15) is 0 Å². The Hall–Kier alpha value is 0.0569. The third-order valence-electron chi connectivity index (χ3n) is 3.91. The molecule has 0 fully saturated rings. The maximum atomic E-state index is 6.67. The van der Waals surface area contributed by atoms with Crippen LogP contribution in [0.15, 0.2) is 0 Å². The molecular formula is C16H36O4Si. The van der Waals surface area contributed by atoms with E-state index < -0.39 is 15.0 Å². The standard InChI is InChI=1S/C16H36O4Si/c1-11(2)15(12(3)4)19-21(13(5)6,14(7)8)20-16(17-9)18-10/h11-16H,1-10H3. The molecule has 0 aromatic carbocycles. The number of hydrogen-bond donors (Lipinski definition) is 0. The monoisotopic (exact) mass is 320 g/mol. The van der Waals surface area contributed by atoms with E-state index in [2.05, 4.69) is 55.4 Å². The highest BCUT2D eigenvalue weighted by atomic mass is 28.4. The Morgan fingerprint density at radius 3 is 1.24 bits per heavy atom. The quantitative estimate of drug-likeness (QED) is 0.437. The Morgan fingerprint density at radius 1 is 0.619 bits per heavy atom. The Kier molecular flexibility index (Phi) is 9.28. The lowest BCUT2D eigenvalue weighted by Crippen LogP contribution is -2.54. The van der Waals surface area contributed by atoms with Crippen LogP contribution in [0.2, 0.25) is 11.1 Å². The minimum Gasteiger partial charge on any atom is -0.390 e. The SMILES string of the molecule is COC(OC)O[Si](OC(C(C)C)C(C)C)(C(C)C)C(C)C. The van der Waals surface area contributed by atoms with Crippen LogP contribution in [0.25, 0.3) is 0 Å². The smallest absolute Gasteiger partial charge is 0.347 e. The van der Waals surface area contributed by atoms with Crippen LogP contribution in [-0.4, -0.2) is 35.4 Å². The average molecular weight is 321 g/mol. The summed E-state index contributed by atoms with van der Waals surface area (Å²) in [6, 6.07) is 0. The zero-order valence-electron chi connectivity index (χ0n) is 15.6. The van der Waals surface area contributed by atoms with E-state index in [0.717, 1.165) is 0 Å². The second kappa shape index (κ2) is 9.25. The molecule has 0 aliphatic carbocycles. The lowest BCUT2D eigenvalue weighted by Gasteiger charge is -2.43. The lowest BCUT2D eigenvalue weighted by molar-refractivity contribution is -0.236. The normalized spacial score (nSPS) is 13.7. The van der Waals surface area contributed by atoms with E-state index in [0.29, 0.717) is 22.9 Å². The van der Waals surface area contributed by atoms with Crippen molar-refractivity contribution < 1.29 is 18.3 Å². The maximum Gasteiger partial charge on any atom is 0.347 e. The fraction of sp³-hybridized carbons (Fsp3) is 1.00. The molecule has 0 rings (SSSR count). The van der Waals surface area contributed by atoms with Crippen molar-refractivity contribution in [3.05, 3.63) is 0 Å². The first-order valence-electron chi connectivity index (χ1n) is 8.03. The molecule has 0 bridgehead atoms. The first kappa shape index (κ1) is 21.1. The van der Waals surface area contributed by atoms with Crippen LogP contribution < -0.4 is 0 Å². The Morgan fingerprint density at radius 2 is 1.00 bits per heavy atom. The molecule has 0 spiro atoms. The minimum atomic E-state index is -2.49. The first-order chi connectivity index (χ1) is 9.62. The highest BCUT2D eigenvalue weighted by Gasteiger charge is 2.49. The van der Waals surface area contributed by atoms with Gasteiger partial charge in [0.15, 0.2) is 0 Å². The van der Waals surface area contributed by atoms with Crippen molar-refractivity contribution in [1.82, 2.24) is 0 Å². The van der Waals surface area contributed by atoms with E-state index in [1.54, 1.807) is 14.2 Å². The van der Waals surface area contributed by atoms with E-state index in [-0.39, 0.29) is 6.10 Å². The molecule has 0 aliphatic rings. The number of ether oxygens (including phenoxy) is 2. The molecule has 0 aliphatic heterocycles. The van der Waals surface area contributed by atoms with Gasteiger partial charge in [-0.05, 0) is 22.9 Å². The highest BCUT2D eigenvalue weighted by Crippen LogP contribution is 2.38. The molecule has 0 saturated heterocycles. The Balaban J connectivity index is 5.47. The molecule has 4 nitrogen and oxygen atoms in total. The number of rotatable bonds is 10. The van der Waals surface area contributed by atoms with Crippen LogP contribution in [0.4, 0.5) is 0 Å². The summed E-state index contributed by atoms with van der Waals surface area (Å²) in [6.45, 7) is 16.8. The summed E-state index contributed by atoms with van der Waals surface area (Å²) in [7, 11) is 0.693. The molecule has 0 aromatic rings. The van der Waals surface area contributed by atoms with Gasteiger partial charge >= 0.3 is 8.56 Å². The van der Waals surface area contributed by atoms with Crippen LogP contribution in [0.5, 0.6) is 0 Å². The summed E-state index contributed by atoms with van der Waals surface area (Å²) in [5.41, 5.74) is 0.621. The van der Waals surface area contributed by atoms with Gasteiger partial charge in [-0.25, -0.2) is 0 Å². The van der Waals surface area contributed by atoms with Gasteiger partial charge in [0.1, 0.15) is 0 Å². The number of methoxy groups -OCH3 is 2. The summed E-state index contributed by atoms with van der Waals surface area (Å²) >= 11 is 0. The van der Waals surface area contributed by atoms with Gasteiger partial charge in [-0.3, -0.25) is 0 Å². The number of hydrogen-bond acceptors (Lipinski definition) is 4. The second-order valence-corrected chi connectivity index (χ2v) is 11.2. The van der Waals surface area contributed by atoms with E-state index >= 15 is 0 Å². The summed E-state index contributed by atoms with van der Waals surface area (Å²) in [5, 5.41) is 0. The molecule has 0 atom stereocenters. The van der Waals surface area contributed by atoms with Crippen molar-refractivity contribution in [2.24, 2.45) is 11.8 Å². The molecule has 128 valence electrons. The lowest BCUT2D eigenvalue weighted by atomic mass is 9.97. The zero-order valence-corrected chi connectivity index (χ0v) is 16.6. The molecule has 0 radical (unpaired) electrons. The molecule has 0 amide bonds. The Labute approximate surface area is 132 Å². The zero-order chi connectivity index (χ0) is 16.8. The van der Waals surface area contributed by atoms with Crippen LogP contribution in [0.1, 0.15) is 55.4 Å². The van der Waals surface area contributed by atoms with E-state index in [1.807, 2.05) is 0 Å². The third kappa shape index (κ3) is 5.64. The third-order valence-corrected chi connectivity index (χ3v) is 8.33.